The SMILES string of the molecule is CC=C(CC1CCCC1)C1CC2CCNCC(C2)C1C. The van der Waals surface area contributed by atoms with E-state index in [-0.39, 0.29) is 0 Å². The van der Waals surface area contributed by atoms with E-state index in [4.69, 9.17) is 0 Å². The summed E-state index contributed by atoms with van der Waals surface area (Å²) in [6, 6.07) is 0. The number of rotatable bonds is 3. The molecule has 1 heteroatoms. The first-order valence-corrected chi connectivity index (χ1v) is 9.13. The van der Waals surface area contributed by atoms with Crippen LogP contribution in [0.4, 0.5) is 0 Å². The Kier molecular flexibility index (Phi) is 4.86. The lowest BCUT2D eigenvalue weighted by Crippen LogP contribution is -2.34. The van der Waals surface area contributed by atoms with Gasteiger partial charge in [0.1, 0.15) is 0 Å². The third kappa shape index (κ3) is 3.13. The molecule has 1 nitrogen and oxygen atoms in total. The van der Waals surface area contributed by atoms with Crippen LogP contribution in [0.1, 0.15) is 65.2 Å². The summed E-state index contributed by atoms with van der Waals surface area (Å²) in [6.45, 7) is 7.37. The predicted octanol–water partition coefficient (Wildman–Crippen LogP) is 4.78. The largest absolute Gasteiger partial charge is 0.316 e. The van der Waals surface area contributed by atoms with Gasteiger partial charge in [0, 0.05) is 0 Å². The van der Waals surface area contributed by atoms with Gasteiger partial charge in [-0.05, 0) is 75.3 Å². The van der Waals surface area contributed by atoms with Crippen LogP contribution in [0, 0.1) is 29.6 Å². The van der Waals surface area contributed by atoms with Gasteiger partial charge in [-0.15, -0.1) is 0 Å². The van der Waals surface area contributed by atoms with E-state index in [9.17, 15) is 0 Å². The molecule has 0 radical (unpaired) electrons. The monoisotopic (exact) mass is 275 g/mol. The number of nitrogens with one attached hydrogen (secondary N) is 1. The molecule has 114 valence electrons. The second-order valence-electron chi connectivity index (χ2n) is 7.77. The molecule has 1 N–H and O–H groups in total. The van der Waals surface area contributed by atoms with Crippen molar-refractivity contribution in [2.75, 3.05) is 13.1 Å². The van der Waals surface area contributed by atoms with Gasteiger partial charge >= 0.3 is 0 Å². The van der Waals surface area contributed by atoms with Crippen LogP contribution in [0.5, 0.6) is 0 Å². The average molecular weight is 275 g/mol. The Hall–Kier alpha value is -0.300. The van der Waals surface area contributed by atoms with Gasteiger partial charge in [0.2, 0.25) is 0 Å². The quantitative estimate of drug-likeness (QED) is 0.731. The van der Waals surface area contributed by atoms with Crippen molar-refractivity contribution in [2.24, 2.45) is 29.6 Å². The third-order valence-electron chi connectivity index (χ3n) is 6.58. The van der Waals surface area contributed by atoms with Crippen molar-refractivity contribution in [3.8, 4) is 0 Å². The highest BCUT2D eigenvalue weighted by atomic mass is 14.9. The van der Waals surface area contributed by atoms with Crippen LogP contribution in [0.2, 0.25) is 0 Å². The Morgan fingerprint density at radius 1 is 1.15 bits per heavy atom. The molecule has 0 spiro atoms. The Balaban J connectivity index is 1.69. The lowest BCUT2D eigenvalue weighted by atomic mass is 9.65. The van der Waals surface area contributed by atoms with E-state index in [2.05, 4.69) is 25.2 Å². The first-order chi connectivity index (χ1) is 9.78. The number of allylic oxidation sites excluding steroid dienone is 2. The lowest BCUT2D eigenvalue weighted by Gasteiger charge is -2.41. The first-order valence-electron chi connectivity index (χ1n) is 9.13. The highest BCUT2D eigenvalue weighted by molar-refractivity contribution is 5.11. The van der Waals surface area contributed by atoms with Crippen LogP contribution in [0.25, 0.3) is 0 Å². The zero-order valence-electron chi connectivity index (χ0n) is 13.5. The molecule has 1 aliphatic heterocycles. The van der Waals surface area contributed by atoms with E-state index >= 15 is 0 Å². The van der Waals surface area contributed by atoms with E-state index in [0.717, 1.165) is 29.6 Å². The fourth-order valence-electron chi connectivity index (χ4n) is 5.26. The molecule has 3 rings (SSSR count). The van der Waals surface area contributed by atoms with Gasteiger partial charge < -0.3 is 5.32 Å². The van der Waals surface area contributed by atoms with E-state index < -0.39 is 0 Å². The molecule has 0 aromatic heterocycles. The second-order valence-corrected chi connectivity index (χ2v) is 7.77. The lowest BCUT2D eigenvalue weighted by molar-refractivity contribution is 0.146. The van der Waals surface area contributed by atoms with Gasteiger partial charge in [0.25, 0.3) is 0 Å². The van der Waals surface area contributed by atoms with Crippen molar-refractivity contribution in [1.29, 1.82) is 0 Å². The van der Waals surface area contributed by atoms with Crippen molar-refractivity contribution >= 4 is 0 Å². The Labute approximate surface area is 125 Å². The predicted molar refractivity (Wildman–Crippen MR) is 86.7 cm³/mol. The molecule has 1 saturated heterocycles. The van der Waals surface area contributed by atoms with Crippen molar-refractivity contribution < 1.29 is 0 Å². The normalized spacial score (nSPS) is 39.8. The fourth-order valence-corrected chi connectivity index (χ4v) is 5.26. The molecule has 1 heterocycles. The minimum Gasteiger partial charge on any atom is -0.316 e. The van der Waals surface area contributed by atoms with Crippen molar-refractivity contribution in [3.63, 3.8) is 0 Å². The van der Waals surface area contributed by atoms with E-state index in [1.165, 1.54) is 64.5 Å². The first kappa shape index (κ1) is 14.6. The Morgan fingerprint density at radius 2 is 1.95 bits per heavy atom. The molecule has 20 heavy (non-hydrogen) atoms. The molecule has 0 aromatic carbocycles. The Bertz CT molecular complexity index is 340. The minimum atomic E-state index is 0.893. The molecule has 4 atom stereocenters. The van der Waals surface area contributed by atoms with Crippen LogP contribution in [-0.2, 0) is 0 Å². The van der Waals surface area contributed by atoms with E-state index in [1.54, 1.807) is 0 Å². The van der Waals surface area contributed by atoms with Crippen molar-refractivity contribution in [3.05, 3.63) is 11.6 Å². The molecule has 0 aromatic rings. The van der Waals surface area contributed by atoms with Crippen LogP contribution >= 0.6 is 0 Å². The van der Waals surface area contributed by atoms with Crippen LogP contribution in [0.3, 0.4) is 0 Å². The number of fused-ring (bicyclic) bond motifs is 2. The van der Waals surface area contributed by atoms with Gasteiger partial charge in [-0.25, -0.2) is 0 Å². The van der Waals surface area contributed by atoms with Crippen LogP contribution in [-0.4, -0.2) is 13.1 Å². The molecule has 2 aliphatic carbocycles. The Morgan fingerprint density at radius 3 is 2.70 bits per heavy atom. The van der Waals surface area contributed by atoms with Gasteiger partial charge in [-0.3, -0.25) is 0 Å². The van der Waals surface area contributed by atoms with Crippen LogP contribution < -0.4 is 5.32 Å². The summed E-state index contributed by atoms with van der Waals surface area (Å²) >= 11 is 0. The fraction of sp³-hybridized carbons (Fsp3) is 0.895. The topological polar surface area (TPSA) is 12.0 Å². The maximum absolute atomic E-state index is 3.68. The molecule has 0 amide bonds. The summed E-state index contributed by atoms with van der Waals surface area (Å²) in [5.74, 6) is 4.72. The molecule has 2 saturated carbocycles. The van der Waals surface area contributed by atoms with Gasteiger partial charge in [0.15, 0.2) is 0 Å². The van der Waals surface area contributed by atoms with Crippen molar-refractivity contribution in [1.82, 2.24) is 5.32 Å². The zero-order valence-corrected chi connectivity index (χ0v) is 13.5. The summed E-state index contributed by atoms with van der Waals surface area (Å²) in [5, 5.41) is 3.68. The van der Waals surface area contributed by atoms with Crippen LogP contribution in [0.15, 0.2) is 11.6 Å². The highest BCUT2D eigenvalue weighted by Crippen LogP contribution is 2.45. The second kappa shape index (κ2) is 6.64. The summed E-state index contributed by atoms with van der Waals surface area (Å²) in [7, 11) is 0. The molecular formula is C19H33N. The standard InChI is InChI=1S/C19H33N/c1-3-17(10-15-6-4-5-7-15)19-12-16-8-9-20-13-18(11-16)14(19)2/h3,14-16,18-20H,4-13H2,1-2H3. The number of hydrogen-bond donors (Lipinski definition) is 1. The molecule has 3 aliphatic rings. The smallest absolute Gasteiger partial charge is 0.00176 e. The summed E-state index contributed by atoms with van der Waals surface area (Å²) < 4.78 is 0. The zero-order chi connectivity index (χ0) is 13.9. The van der Waals surface area contributed by atoms with Gasteiger partial charge in [-0.1, -0.05) is 44.3 Å². The highest BCUT2D eigenvalue weighted by Gasteiger charge is 2.37. The summed E-state index contributed by atoms with van der Waals surface area (Å²) in [6.07, 6.45) is 14.2. The average Bonchev–Trinajstić information content (AvgIpc) is 2.88. The summed E-state index contributed by atoms with van der Waals surface area (Å²) in [5.41, 5.74) is 1.82. The minimum absolute atomic E-state index is 0.893. The maximum atomic E-state index is 3.68. The van der Waals surface area contributed by atoms with Crippen molar-refractivity contribution in [2.45, 2.75) is 65.2 Å². The van der Waals surface area contributed by atoms with Gasteiger partial charge in [0.05, 0.1) is 0 Å². The van der Waals surface area contributed by atoms with Gasteiger partial charge in [-0.2, -0.15) is 0 Å². The number of hydrogen-bond acceptors (Lipinski definition) is 1. The molecule has 2 bridgehead atoms. The van der Waals surface area contributed by atoms with E-state index in [0.29, 0.717) is 0 Å². The molecule has 3 fully saturated rings. The van der Waals surface area contributed by atoms with E-state index in [1.807, 2.05) is 5.57 Å². The molecular weight excluding hydrogens is 242 g/mol. The maximum Gasteiger partial charge on any atom is -0.00176 e. The third-order valence-corrected chi connectivity index (χ3v) is 6.58. The molecule has 4 unspecified atom stereocenters. The summed E-state index contributed by atoms with van der Waals surface area (Å²) in [4.78, 5) is 0.